The molecule has 1 N–H and O–H groups in total. The van der Waals surface area contributed by atoms with Gasteiger partial charge in [0.25, 0.3) is 0 Å². The number of piperidine rings is 1. The highest BCUT2D eigenvalue weighted by atomic mass is 19.1. The lowest BCUT2D eigenvalue weighted by Gasteiger charge is -2.46. The number of benzene rings is 2. The van der Waals surface area contributed by atoms with Crippen molar-refractivity contribution in [2.75, 3.05) is 102 Å². The minimum atomic E-state index is -0.207. The third-order valence-electron chi connectivity index (χ3n) is 11.9. The molecule has 0 saturated carbocycles. The van der Waals surface area contributed by atoms with Gasteiger partial charge in [0.1, 0.15) is 23.3 Å². The van der Waals surface area contributed by atoms with E-state index in [4.69, 9.17) is 14.5 Å². The molecule has 4 fully saturated rings. The van der Waals surface area contributed by atoms with Crippen LogP contribution in [0.4, 0.5) is 43.2 Å². The molecule has 0 aliphatic carbocycles. The summed E-state index contributed by atoms with van der Waals surface area (Å²) in [6.45, 7) is 8.75. The van der Waals surface area contributed by atoms with Crippen LogP contribution in [0.3, 0.4) is 0 Å². The molecule has 4 atom stereocenters. The first-order chi connectivity index (χ1) is 26.6. The Kier molecular flexibility index (Phi) is 10.1. The predicted molar refractivity (Wildman–Crippen MR) is 210 cm³/mol. The van der Waals surface area contributed by atoms with Gasteiger partial charge in [-0.2, -0.15) is 0 Å². The van der Waals surface area contributed by atoms with Crippen molar-refractivity contribution in [3.05, 3.63) is 96.3 Å². The topological polar surface area (TPSA) is 72.5 Å². The van der Waals surface area contributed by atoms with Crippen molar-refractivity contribution in [3.63, 3.8) is 0 Å². The number of fused-ring (bicyclic) bond motifs is 1. The Hall–Kier alpha value is -4.68. The van der Waals surface area contributed by atoms with Gasteiger partial charge >= 0.3 is 0 Å². The van der Waals surface area contributed by atoms with Gasteiger partial charge in [-0.25, -0.2) is 18.7 Å². The second kappa shape index (κ2) is 15.6. The predicted octanol–water partition coefficient (Wildman–Crippen LogP) is 5.98. The normalized spacial score (nSPS) is 24.8. The summed E-state index contributed by atoms with van der Waals surface area (Å²) in [5.74, 6) is 1.56. The van der Waals surface area contributed by atoms with E-state index in [9.17, 15) is 8.78 Å². The van der Waals surface area contributed by atoms with E-state index in [0.29, 0.717) is 25.9 Å². The minimum Gasteiger partial charge on any atom is -0.377 e. The van der Waals surface area contributed by atoms with Crippen LogP contribution in [0.1, 0.15) is 31.2 Å². The van der Waals surface area contributed by atoms with Crippen LogP contribution >= 0.6 is 0 Å². The van der Waals surface area contributed by atoms with Crippen LogP contribution in [0.5, 0.6) is 0 Å². The van der Waals surface area contributed by atoms with Crippen LogP contribution in [-0.4, -0.2) is 106 Å². The molecule has 2 aromatic heterocycles. The third kappa shape index (κ3) is 7.38. The number of hydrogen-bond donors (Lipinski definition) is 1. The SMILES string of the molecule is Fc1cccc(N2CC[C@@H](Nc3cc(N4CCOCC4C4CN(c5ccnc6c5CCCN6[C@@H]5CCCN(c6cccc(F)c6)C5)CCO4)ccn3)C2)c1. The zero-order valence-electron chi connectivity index (χ0n) is 30.8. The van der Waals surface area contributed by atoms with E-state index >= 15 is 0 Å². The van der Waals surface area contributed by atoms with Gasteiger partial charge in [0.2, 0.25) is 0 Å². The van der Waals surface area contributed by atoms with Crippen LogP contribution in [0.2, 0.25) is 0 Å². The van der Waals surface area contributed by atoms with Crippen LogP contribution in [-0.2, 0) is 15.9 Å². The van der Waals surface area contributed by atoms with E-state index in [0.717, 1.165) is 113 Å². The maximum absolute atomic E-state index is 14.1. The second-order valence-electron chi connectivity index (χ2n) is 15.3. The summed E-state index contributed by atoms with van der Waals surface area (Å²) in [6.07, 6.45) is 9.05. The summed E-state index contributed by atoms with van der Waals surface area (Å²) in [5, 5.41) is 3.66. The van der Waals surface area contributed by atoms with E-state index in [1.165, 1.54) is 23.4 Å². The standard InChI is InChI=1S/C42H50F2N8O2/c43-30-5-1-7-33(23-30)48-16-3-9-36(27-48)52-17-4-10-37-38(12-15-46-42(37)52)50-19-22-54-40(28-50)39-29-53-21-20-51(39)35-11-14-45-41(25-35)47-32-13-18-49(26-32)34-8-2-6-31(44)24-34/h1-2,5-8,11-12,14-15,23-25,32,36,39-40H,3-4,9-10,13,16-22,26-29H2,(H,45,47)/t32-,36-,39?,40?/m1/s1. The molecule has 5 aliphatic heterocycles. The molecular formula is C42H50F2N8O2. The first-order valence-corrected chi connectivity index (χ1v) is 19.7. The second-order valence-corrected chi connectivity index (χ2v) is 15.3. The zero-order chi connectivity index (χ0) is 36.4. The fraction of sp³-hybridized carbons (Fsp3) is 0.476. The van der Waals surface area contributed by atoms with Crippen molar-refractivity contribution in [2.24, 2.45) is 0 Å². The van der Waals surface area contributed by atoms with Crippen molar-refractivity contribution < 1.29 is 18.3 Å². The number of aromatic nitrogens is 2. The third-order valence-corrected chi connectivity index (χ3v) is 11.9. The monoisotopic (exact) mass is 736 g/mol. The molecule has 12 heteroatoms. The number of halogens is 2. The van der Waals surface area contributed by atoms with Crippen LogP contribution in [0, 0.1) is 11.6 Å². The van der Waals surface area contributed by atoms with Crippen LogP contribution in [0.15, 0.2) is 79.1 Å². The lowest BCUT2D eigenvalue weighted by atomic mass is 9.96. The maximum atomic E-state index is 14.1. The number of rotatable bonds is 8. The van der Waals surface area contributed by atoms with E-state index in [-0.39, 0.29) is 29.8 Å². The van der Waals surface area contributed by atoms with Gasteiger partial charge in [-0.05, 0) is 80.6 Å². The number of nitrogens with one attached hydrogen (secondary N) is 1. The van der Waals surface area contributed by atoms with Crippen molar-refractivity contribution in [2.45, 2.75) is 56.3 Å². The van der Waals surface area contributed by atoms with E-state index < -0.39 is 0 Å². The summed E-state index contributed by atoms with van der Waals surface area (Å²) in [5.41, 5.74) is 5.58. The number of morpholine rings is 2. The fourth-order valence-electron chi connectivity index (χ4n) is 9.31. The molecule has 4 aromatic rings. The molecule has 9 rings (SSSR count). The summed E-state index contributed by atoms with van der Waals surface area (Å²) >= 11 is 0. The summed E-state index contributed by atoms with van der Waals surface area (Å²) in [4.78, 5) is 21.7. The van der Waals surface area contributed by atoms with Crippen molar-refractivity contribution in [1.29, 1.82) is 0 Å². The number of hydrogen-bond acceptors (Lipinski definition) is 10. The van der Waals surface area contributed by atoms with Crippen LogP contribution < -0.4 is 29.8 Å². The lowest BCUT2D eigenvalue weighted by molar-refractivity contribution is -0.0174. The van der Waals surface area contributed by atoms with Gasteiger partial charge in [0.15, 0.2) is 0 Å². The highest BCUT2D eigenvalue weighted by Crippen LogP contribution is 2.37. The molecule has 284 valence electrons. The Morgan fingerprint density at radius 3 is 2.33 bits per heavy atom. The molecule has 54 heavy (non-hydrogen) atoms. The fourth-order valence-corrected chi connectivity index (χ4v) is 9.31. The number of nitrogens with zero attached hydrogens (tertiary/aromatic N) is 7. The first kappa shape index (κ1) is 35.0. The van der Waals surface area contributed by atoms with Gasteiger partial charge in [0, 0.05) is 111 Å². The average molecular weight is 737 g/mol. The summed E-state index contributed by atoms with van der Waals surface area (Å²) < 4.78 is 40.7. The molecule has 10 nitrogen and oxygen atoms in total. The molecule has 0 amide bonds. The van der Waals surface area contributed by atoms with Crippen molar-refractivity contribution in [3.8, 4) is 0 Å². The Morgan fingerprint density at radius 2 is 1.50 bits per heavy atom. The van der Waals surface area contributed by atoms with Gasteiger partial charge < -0.3 is 39.3 Å². The molecule has 2 unspecified atom stereocenters. The summed E-state index contributed by atoms with van der Waals surface area (Å²) in [6, 6.07) is 20.9. The smallest absolute Gasteiger partial charge is 0.134 e. The van der Waals surface area contributed by atoms with Crippen LogP contribution in [0.25, 0.3) is 0 Å². The maximum Gasteiger partial charge on any atom is 0.134 e. The minimum absolute atomic E-state index is 0.0417. The van der Waals surface area contributed by atoms with Gasteiger partial charge in [-0.1, -0.05) is 12.1 Å². The van der Waals surface area contributed by atoms with E-state index in [1.807, 2.05) is 24.5 Å². The molecule has 0 radical (unpaired) electrons. The van der Waals surface area contributed by atoms with E-state index in [2.05, 4.69) is 53.0 Å². The number of pyridine rings is 2. The Bertz CT molecular complexity index is 1920. The first-order valence-electron chi connectivity index (χ1n) is 19.7. The molecule has 2 aromatic carbocycles. The molecule has 5 aliphatic rings. The Balaban J connectivity index is 0.887. The molecular weight excluding hydrogens is 687 g/mol. The quantitative estimate of drug-likeness (QED) is 0.234. The Labute approximate surface area is 316 Å². The van der Waals surface area contributed by atoms with Gasteiger partial charge in [-0.15, -0.1) is 0 Å². The highest BCUT2D eigenvalue weighted by Gasteiger charge is 2.37. The zero-order valence-corrected chi connectivity index (χ0v) is 30.8. The Morgan fingerprint density at radius 1 is 0.685 bits per heavy atom. The molecule has 0 bridgehead atoms. The van der Waals surface area contributed by atoms with E-state index in [1.54, 1.807) is 24.3 Å². The van der Waals surface area contributed by atoms with Crippen molar-refractivity contribution in [1.82, 2.24) is 9.97 Å². The average Bonchev–Trinajstić information content (AvgIpc) is 3.69. The van der Waals surface area contributed by atoms with Gasteiger partial charge in [0.05, 0.1) is 32.0 Å². The summed E-state index contributed by atoms with van der Waals surface area (Å²) in [7, 11) is 0. The molecule has 4 saturated heterocycles. The largest absolute Gasteiger partial charge is 0.377 e. The lowest BCUT2D eigenvalue weighted by Crippen LogP contribution is -2.58. The molecule has 0 spiro atoms. The highest BCUT2D eigenvalue weighted by molar-refractivity contribution is 5.66. The number of ether oxygens (including phenoxy) is 2. The van der Waals surface area contributed by atoms with Gasteiger partial charge in [-0.3, -0.25) is 0 Å². The molecule has 7 heterocycles. The van der Waals surface area contributed by atoms with Crippen molar-refractivity contribution >= 4 is 34.4 Å². The number of anilines is 6.